The zero-order valence-electron chi connectivity index (χ0n) is 21.7. The molecule has 3 heterocycles. The van der Waals surface area contributed by atoms with Gasteiger partial charge in [-0.25, -0.2) is 0 Å². The highest BCUT2D eigenvalue weighted by Gasteiger charge is 2.36. The Morgan fingerprint density at radius 3 is 2.51 bits per heavy atom. The van der Waals surface area contributed by atoms with Crippen molar-refractivity contribution in [3.05, 3.63) is 92.1 Å². The molecule has 0 spiro atoms. The van der Waals surface area contributed by atoms with E-state index in [4.69, 9.17) is 27.9 Å². The van der Waals surface area contributed by atoms with Gasteiger partial charge in [0.2, 0.25) is 0 Å². The summed E-state index contributed by atoms with van der Waals surface area (Å²) in [6.45, 7) is 6.66. The molecule has 3 atom stereocenters. The van der Waals surface area contributed by atoms with Crippen molar-refractivity contribution in [2.24, 2.45) is 11.8 Å². The molecule has 1 aromatic heterocycles. The number of methoxy groups -OCH3 is 1. The molecule has 6 heteroatoms. The van der Waals surface area contributed by atoms with Crippen molar-refractivity contribution in [3.63, 3.8) is 0 Å². The second-order valence-corrected chi connectivity index (χ2v) is 12.5. The molecule has 0 N–H and O–H groups in total. The van der Waals surface area contributed by atoms with E-state index in [1.54, 1.807) is 0 Å². The number of piperidine rings is 1. The fraction of sp³-hybridized carbons (Fsp3) is 0.484. The van der Waals surface area contributed by atoms with Crippen LogP contribution in [-0.2, 0) is 17.7 Å². The maximum absolute atomic E-state index is 6.51. The first-order valence-electron chi connectivity index (χ1n) is 13.5. The van der Waals surface area contributed by atoms with E-state index in [0.717, 1.165) is 43.4 Å². The van der Waals surface area contributed by atoms with E-state index in [2.05, 4.69) is 63.0 Å². The third kappa shape index (κ3) is 7.38. The average Bonchev–Trinajstić information content (AvgIpc) is 3.57. The highest BCUT2D eigenvalue weighted by molar-refractivity contribution is 7.08. The lowest BCUT2D eigenvalue weighted by molar-refractivity contribution is 0.0621. The lowest BCUT2D eigenvalue weighted by Crippen LogP contribution is -2.39. The van der Waals surface area contributed by atoms with Gasteiger partial charge in [0, 0.05) is 49.3 Å². The fourth-order valence-electron chi connectivity index (χ4n) is 6.28. The molecule has 0 amide bonds. The van der Waals surface area contributed by atoms with Crippen LogP contribution in [0.25, 0.3) is 0 Å². The first kappa shape index (κ1) is 27.2. The third-order valence-electron chi connectivity index (χ3n) is 8.33. The van der Waals surface area contributed by atoms with Gasteiger partial charge < -0.3 is 9.64 Å². The van der Waals surface area contributed by atoms with Gasteiger partial charge in [-0.15, -0.1) is 0 Å². The van der Waals surface area contributed by atoms with Gasteiger partial charge in [0.25, 0.3) is 0 Å². The standard InChI is InChI=1S/C31H38Cl2N2OS/c1-36-29(15-23-5-3-2-4-6-23)16-24-9-12-34(13-10-24)19-27-20-35(21-30(27)26-11-14-37-22-26)18-25-7-8-28(32)17-31(25)33/h2-8,11,14,17,22,24,27,29-30H,9-10,12-13,15-16,18-21H2,1H3. The predicted octanol–water partition coefficient (Wildman–Crippen LogP) is 7.63. The molecule has 0 saturated carbocycles. The van der Waals surface area contributed by atoms with E-state index in [9.17, 15) is 0 Å². The van der Waals surface area contributed by atoms with Crippen LogP contribution in [0.3, 0.4) is 0 Å². The first-order valence-corrected chi connectivity index (χ1v) is 15.2. The number of thiophene rings is 1. The van der Waals surface area contributed by atoms with Gasteiger partial charge in [-0.2, -0.15) is 11.3 Å². The molecule has 0 aliphatic carbocycles. The Kier molecular flexibility index (Phi) is 9.62. The van der Waals surface area contributed by atoms with Crippen LogP contribution in [0.15, 0.2) is 65.4 Å². The summed E-state index contributed by atoms with van der Waals surface area (Å²) in [6.07, 6.45) is 5.03. The second-order valence-electron chi connectivity index (χ2n) is 10.9. The van der Waals surface area contributed by atoms with Crippen molar-refractivity contribution in [3.8, 4) is 0 Å². The predicted molar refractivity (Wildman–Crippen MR) is 157 cm³/mol. The summed E-state index contributed by atoms with van der Waals surface area (Å²) in [5.41, 5.74) is 4.04. The smallest absolute Gasteiger partial charge is 0.0614 e. The zero-order valence-corrected chi connectivity index (χ0v) is 24.0. The summed E-state index contributed by atoms with van der Waals surface area (Å²) < 4.78 is 5.89. The van der Waals surface area contributed by atoms with E-state index in [0.29, 0.717) is 23.0 Å². The number of nitrogens with zero attached hydrogens (tertiary/aromatic N) is 2. The van der Waals surface area contributed by atoms with Crippen molar-refractivity contribution in [1.29, 1.82) is 0 Å². The molecule has 5 rings (SSSR count). The molecule has 37 heavy (non-hydrogen) atoms. The van der Waals surface area contributed by atoms with Crippen LogP contribution in [0.2, 0.25) is 10.0 Å². The minimum absolute atomic E-state index is 0.310. The summed E-state index contributed by atoms with van der Waals surface area (Å²) in [5, 5.41) is 6.04. The van der Waals surface area contributed by atoms with Crippen LogP contribution in [0.1, 0.15) is 41.9 Å². The number of hydrogen-bond acceptors (Lipinski definition) is 4. The number of benzene rings is 2. The number of likely N-dealkylation sites (tertiary alicyclic amines) is 2. The van der Waals surface area contributed by atoms with Crippen molar-refractivity contribution < 1.29 is 4.74 Å². The quantitative estimate of drug-likeness (QED) is 0.255. The van der Waals surface area contributed by atoms with E-state index >= 15 is 0 Å². The van der Waals surface area contributed by atoms with E-state index in [1.807, 2.05) is 30.6 Å². The van der Waals surface area contributed by atoms with Crippen molar-refractivity contribution in [2.45, 2.75) is 44.2 Å². The molecule has 2 aromatic carbocycles. The third-order valence-corrected chi connectivity index (χ3v) is 9.62. The van der Waals surface area contributed by atoms with Crippen LogP contribution in [-0.4, -0.2) is 55.7 Å². The molecule has 3 unspecified atom stereocenters. The van der Waals surface area contributed by atoms with Gasteiger partial charge in [-0.3, -0.25) is 4.90 Å². The fourth-order valence-corrected chi connectivity index (χ4v) is 7.47. The highest BCUT2D eigenvalue weighted by Crippen LogP contribution is 2.37. The van der Waals surface area contributed by atoms with E-state index < -0.39 is 0 Å². The summed E-state index contributed by atoms with van der Waals surface area (Å²) in [5.74, 6) is 1.98. The second kappa shape index (κ2) is 13.1. The first-order chi connectivity index (χ1) is 18.1. The molecular weight excluding hydrogens is 519 g/mol. The minimum atomic E-state index is 0.310. The van der Waals surface area contributed by atoms with Crippen molar-refractivity contribution in [2.75, 3.05) is 39.8 Å². The van der Waals surface area contributed by atoms with Crippen LogP contribution in [0, 0.1) is 11.8 Å². The maximum atomic E-state index is 6.51. The molecular formula is C31H38Cl2N2OS. The highest BCUT2D eigenvalue weighted by atomic mass is 35.5. The van der Waals surface area contributed by atoms with Gasteiger partial charge in [0.05, 0.1) is 6.10 Å². The number of hydrogen-bond donors (Lipinski definition) is 0. The monoisotopic (exact) mass is 556 g/mol. The normalized spacial score (nSPS) is 22.5. The van der Waals surface area contributed by atoms with Gasteiger partial charge in [0.15, 0.2) is 0 Å². The summed E-state index contributed by atoms with van der Waals surface area (Å²) in [4.78, 5) is 5.31. The molecule has 2 aliphatic rings. The van der Waals surface area contributed by atoms with Crippen LogP contribution in [0.5, 0.6) is 0 Å². The van der Waals surface area contributed by atoms with Crippen molar-refractivity contribution in [1.82, 2.24) is 9.80 Å². The number of rotatable bonds is 10. The number of halogens is 2. The molecule has 198 valence electrons. The molecule has 2 fully saturated rings. The molecule has 0 bridgehead atoms. The Bertz CT molecular complexity index is 1100. The molecule has 2 aliphatic heterocycles. The largest absolute Gasteiger partial charge is 0.381 e. The Morgan fingerprint density at radius 2 is 1.81 bits per heavy atom. The average molecular weight is 558 g/mol. The maximum Gasteiger partial charge on any atom is 0.0614 e. The Balaban J connectivity index is 1.15. The van der Waals surface area contributed by atoms with E-state index in [-0.39, 0.29) is 0 Å². The van der Waals surface area contributed by atoms with Gasteiger partial charge in [0.1, 0.15) is 0 Å². The summed E-state index contributed by atoms with van der Waals surface area (Å²) in [6, 6.07) is 19.0. The molecule has 2 saturated heterocycles. The van der Waals surface area contributed by atoms with Gasteiger partial charge in [-0.1, -0.05) is 59.6 Å². The number of ether oxygens (including phenoxy) is 1. The Labute approximate surface area is 236 Å². The summed E-state index contributed by atoms with van der Waals surface area (Å²) >= 11 is 14.5. The van der Waals surface area contributed by atoms with Crippen LogP contribution < -0.4 is 0 Å². The molecule has 3 aromatic rings. The molecule has 0 radical (unpaired) electrons. The lowest BCUT2D eigenvalue weighted by Gasteiger charge is -2.35. The Hall–Kier alpha value is -1.40. The van der Waals surface area contributed by atoms with Crippen LogP contribution >= 0.6 is 34.5 Å². The van der Waals surface area contributed by atoms with Crippen LogP contribution in [0.4, 0.5) is 0 Å². The topological polar surface area (TPSA) is 15.7 Å². The summed E-state index contributed by atoms with van der Waals surface area (Å²) in [7, 11) is 1.87. The minimum Gasteiger partial charge on any atom is -0.381 e. The van der Waals surface area contributed by atoms with Gasteiger partial charge >= 0.3 is 0 Å². The van der Waals surface area contributed by atoms with Gasteiger partial charge in [-0.05, 0) is 96.3 Å². The Morgan fingerprint density at radius 1 is 1.00 bits per heavy atom. The molecule has 3 nitrogen and oxygen atoms in total. The zero-order chi connectivity index (χ0) is 25.6. The van der Waals surface area contributed by atoms with Crippen molar-refractivity contribution >= 4 is 34.5 Å². The van der Waals surface area contributed by atoms with E-state index in [1.165, 1.54) is 49.2 Å². The lowest BCUT2D eigenvalue weighted by atomic mass is 9.87. The SMILES string of the molecule is COC(Cc1ccccc1)CC1CCN(CC2CN(Cc3ccc(Cl)cc3Cl)CC2c2ccsc2)CC1.